The average molecular weight is 353 g/mol. The van der Waals surface area contributed by atoms with Gasteiger partial charge in [0.1, 0.15) is 11.5 Å². The maximum atomic E-state index is 11.6. The summed E-state index contributed by atoms with van der Waals surface area (Å²) in [4.78, 5) is 20.6. The third kappa shape index (κ3) is 2.73. The van der Waals surface area contributed by atoms with Gasteiger partial charge >= 0.3 is 0 Å². The van der Waals surface area contributed by atoms with Crippen LogP contribution in [-0.2, 0) is 11.2 Å². The van der Waals surface area contributed by atoms with Crippen molar-refractivity contribution in [3.8, 4) is 11.5 Å². The summed E-state index contributed by atoms with van der Waals surface area (Å²) in [5, 5.41) is 4.77. The molecular weight excluding hydrogens is 330 g/mol. The minimum atomic E-state index is 0.135. The van der Waals surface area contributed by atoms with Gasteiger partial charge in [-0.2, -0.15) is 9.61 Å². The lowest BCUT2D eigenvalue weighted by Gasteiger charge is -2.36. The Morgan fingerprint density at radius 2 is 2.04 bits per heavy atom. The van der Waals surface area contributed by atoms with Crippen LogP contribution < -0.4 is 4.90 Å². The summed E-state index contributed by atoms with van der Waals surface area (Å²) in [6.45, 7) is 8.87. The average Bonchev–Trinajstić information content (AvgIpc) is 3.29. The summed E-state index contributed by atoms with van der Waals surface area (Å²) >= 11 is 0. The molecule has 1 saturated heterocycles. The van der Waals surface area contributed by atoms with Crippen LogP contribution in [0.3, 0.4) is 0 Å². The van der Waals surface area contributed by atoms with E-state index in [4.69, 9.17) is 14.5 Å². The number of nitrogens with zero attached hydrogens (tertiary/aromatic N) is 5. The van der Waals surface area contributed by atoms with Gasteiger partial charge in [0, 0.05) is 50.4 Å². The molecule has 0 bridgehead atoms. The van der Waals surface area contributed by atoms with Crippen molar-refractivity contribution in [2.45, 2.75) is 27.2 Å². The normalized spacial score (nSPS) is 15.0. The first-order chi connectivity index (χ1) is 12.6. The minimum absolute atomic E-state index is 0.135. The van der Waals surface area contributed by atoms with Crippen LogP contribution in [0.15, 0.2) is 28.9 Å². The molecule has 0 atom stereocenters. The molecule has 0 unspecified atom stereocenters. The molecule has 1 fully saturated rings. The molecule has 4 rings (SSSR count). The van der Waals surface area contributed by atoms with Crippen LogP contribution in [0.2, 0.25) is 0 Å². The topological polar surface area (TPSA) is 66.9 Å². The Hall–Kier alpha value is -2.83. The zero-order chi connectivity index (χ0) is 18.3. The molecule has 4 heterocycles. The molecular formula is C19H23N5O2. The lowest BCUT2D eigenvalue weighted by molar-refractivity contribution is -0.129. The van der Waals surface area contributed by atoms with Crippen LogP contribution in [0.25, 0.3) is 17.1 Å². The SMILES string of the molecule is CCc1c(C)nc2cc(-c3ccco3)nn2c1N1CCN(C(C)=O)CC1. The van der Waals surface area contributed by atoms with Gasteiger partial charge in [-0.25, -0.2) is 4.98 Å². The van der Waals surface area contributed by atoms with Crippen LogP contribution in [0, 0.1) is 6.92 Å². The Labute approximate surface area is 152 Å². The predicted octanol–water partition coefficient (Wildman–Crippen LogP) is 2.53. The number of anilines is 1. The molecule has 0 aromatic carbocycles. The Morgan fingerprint density at radius 1 is 1.27 bits per heavy atom. The maximum absolute atomic E-state index is 11.6. The third-order valence-electron chi connectivity index (χ3n) is 5.03. The quantitative estimate of drug-likeness (QED) is 0.724. The van der Waals surface area contributed by atoms with Crippen molar-refractivity contribution in [1.29, 1.82) is 0 Å². The first kappa shape index (κ1) is 16.6. The smallest absolute Gasteiger partial charge is 0.219 e. The molecule has 0 saturated carbocycles. The van der Waals surface area contributed by atoms with E-state index in [1.165, 1.54) is 5.56 Å². The van der Waals surface area contributed by atoms with Crippen molar-refractivity contribution in [2.75, 3.05) is 31.1 Å². The van der Waals surface area contributed by atoms with Gasteiger partial charge in [0.25, 0.3) is 0 Å². The first-order valence-corrected chi connectivity index (χ1v) is 9.02. The minimum Gasteiger partial charge on any atom is -0.463 e. The van der Waals surface area contributed by atoms with E-state index in [-0.39, 0.29) is 5.91 Å². The number of furan rings is 1. The van der Waals surface area contributed by atoms with Crippen molar-refractivity contribution < 1.29 is 9.21 Å². The highest BCUT2D eigenvalue weighted by Crippen LogP contribution is 2.28. The highest BCUT2D eigenvalue weighted by molar-refractivity contribution is 5.73. The number of carbonyl (C=O) groups excluding carboxylic acids is 1. The number of aryl methyl sites for hydroxylation is 1. The van der Waals surface area contributed by atoms with E-state index in [0.29, 0.717) is 0 Å². The van der Waals surface area contributed by atoms with Gasteiger partial charge in [0.2, 0.25) is 5.91 Å². The molecule has 0 spiro atoms. The van der Waals surface area contributed by atoms with Crippen LogP contribution in [0.4, 0.5) is 5.82 Å². The Bertz CT molecular complexity index is 937. The second-order valence-corrected chi connectivity index (χ2v) is 6.62. The molecule has 7 heteroatoms. The lowest BCUT2D eigenvalue weighted by atomic mass is 10.1. The highest BCUT2D eigenvalue weighted by atomic mass is 16.3. The van der Waals surface area contributed by atoms with E-state index in [0.717, 1.165) is 61.2 Å². The van der Waals surface area contributed by atoms with E-state index >= 15 is 0 Å². The van der Waals surface area contributed by atoms with Crippen molar-refractivity contribution >= 4 is 17.4 Å². The van der Waals surface area contributed by atoms with Crippen molar-refractivity contribution in [3.63, 3.8) is 0 Å². The third-order valence-corrected chi connectivity index (χ3v) is 5.03. The standard InChI is InChI=1S/C19H23N5O2/c1-4-15-13(2)20-18-12-16(17-6-5-11-26-17)21-24(18)19(15)23-9-7-22(8-10-23)14(3)25/h5-6,11-12H,4,7-10H2,1-3H3. The fourth-order valence-electron chi connectivity index (χ4n) is 3.65. The van der Waals surface area contributed by atoms with Gasteiger partial charge < -0.3 is 14.2 Å². The molecule has 3 aromatic heterocycles. The summed E-state index contributed by atoms with van der Waals surface area (Å²) in [6.07, 6.45) is 2.53. The summed E-state index contributed by atoms with van der Waals surface area (Å²) in [5.74, 6) is 1.95. The second kappa shape index (κ2) is 6.48. The van der Waals surface area contributed by atoms with Crippen LogP contribution in [0.1, 0.15) is 25.1 Å². The van der Waals surface area contributed by atoms with Gasteiger partial charge in [0.15, 0.2) is 11.4 Å². The zero-order valence-corrected chi connectivity index (χ0v) is 15.4. The van der Waals surface area contributed by atoms with Gasteiger partial charge in [-0.15, -0.1) is 0 Å². The van der Waals surface area contributed by atoms with E-state index in [1.807, 2.05) is 34.5 Å². The Kier molecular flexibility index (Phi) is 4.14. The molecule has 26 heavy (non-hydrogen) atoms. The molecule has 1 aliphatic heterocycles. The van der Waals surface area contributed by atoms with E-state index in [9.17, 15) is 4.79 Å². The lowest BCUT2D eigenvalue weighted by Crippen LogP contribution is -2.49. The number of aromatic nitrogens is 3. The summed E-state index contributed by atoms with van der Waals surface area (Å²) in [7, 11) is 0. The van der Waals surface area contributed by atoms with Crippen molar-refractivity contribution in [1.82, 2.24) is 19.5 Å². The van der Waals surface area contributed by atoms with E-state index < -0.39 is 0 Å². The van der Waals surface area contributed by atoms with Gasteiger partial charge in [-0.3, -0.25) is 4.79 Å². The largest absolute Gasteiger partial charge is 0.463 e. The van der Waals surface area contributed by atoms with Gasteiger partial charge in [-0.05, 0) is 25.5 Å². The summed E-state index contributed by atoms with van der Waals surface area (Å²) in [6, 6.07) is 5.72. The fourth-order valence-corrected chi connectivity index (χ4v) is 3.65. The van der Waals surface area contributed by atoms with E-state index in [2.05, 4.69) is 11.8 Å². The van der Waals surface area contributed by atoms with E-state index in [1.54, 1.807) is 13.2 Å². The molecule has 0 radical (unpaired) electrons. The molecule has 3 aromatic rings. The number of piperazine rings is 1. The number of fused-ring (bicyclic) bond motifs is 1. The number of carbonyl (C=O) groups is 1. The van der Waals surface area contributed by atoms with Gasteiger partial charge in [0.05, 0.1) is 6.26 Å². The Balaban J connectivity index is 1.80. The summed E-state index contributed by atoms with van der Waals surface area (Å²) in [5.41, 5.74) is 3.81. The number of hydrogen-bond donors (Lipinski definition) is 0. The number of rotatable bonds is 3. The highest BCUT2D eigenvalue weighted by Gasteiger charge is 2.25. The summed E-state index contributed by atoms with van der Waals surface area (Å²) < 4.78 is 7.42. The maximum Gasteiger partial charge on any atom is 0.219 e. The Morgan fingerprint density at radius 3 is 2.65 bits per heavy atom. The predicted molar refractivity (Wildman–Crippen MR) is 99.3 cm³/mol. The monoisotopic (exact) mass is 353 g/mol. The molecule has 1 aliphatic rings. The van der Waals surface area contributed by atoms with Crippen molar-refractivity contribution in [3.05, 3.63) is 35.7 Å². The first-order valence-electron chi connectivity index (χ1n) is 9.02. The van der Waals surface area contributed by atoms with Crippen LogP contribution >= 0.6 is 0 Å². The molecule has 1 amide bonds. The fraction of sp³-hybridized carbons (Fsp3) is 0.421. The zero-order valence-electron chi connectivity index (χ0n) is 15.4. The number of amides is 1. The van der Waals surface area contributed by atoms with Crippen molar-refractivity contribution in [2.24, 2.45) is 0 Å². The van der Waals surface area contributed by atoms with Crippen LogP contribution in [-0.4, -0.2) is 51.6 Å². The van der Waals surface area contributed by atoms with Gasteiger partial charge in [-0.1, -0.05) is 6.92 Å². The molecule has 136 valence electrons. The molecule has 7 nitrogen and oxygen atoms in total. The van der Waals surface area contributed by atoms with Crippen LogP contribution in [0.5, 0.6) is 0 Å². The molecule has 0 N–H and O–H groups in total. The second-order valence-electron chi connectivity index (χ2n) is 6.62. The molecule has 0 aliphatic carbocycles. The number of hydrogen-bond acceptors (Lipinski definition) is 5.